The maximum absolute atomic E-state index is 12.2. The van der Waals surface area contributed by atoms with Crippen molar-refractivity contribution in [3.05, 3.63) is 179 Å². The summed E-state index contributed by atoms with van der Waals surface area (Å²) < 4.78 is 66.8. The van der Waals surface area contributed by atoms with Gasteiger partial charge in [-0.1, -0.05) is 107 Å². The van der Waals surface area contributed by atoms with Gasteiger partial charge in [-0.15, -0.1) is 0 Å². The lowest BCUT2D eigenvalue weighted by Gasteiger charge is -2.42. The molecule has 6 rings (SSSR count). The Bertz CT molecular complexity index is 3370. The van der Waals surface area contributed by atoms with Gasteiger partial charge in [0.1, 0.15) is 42.6 Å². The summed E-state index contributed by atoms with van der Waals surface area (Å²) in [6, 6.07) is 48.9. The Balaban J connectivity index is 0.000000376. The highest BCUT2D eigenvalue weighted by Gasteiger charge is 2.45. The molecule has 0 amide bonds. The quantitative estimate of drug-likeness (QED) is 0.0165. The lowest BCUT2D eigenvalue weighted by Crippen LogP contribution is -2.58. The van der Waals surface area contributed by atoms with Crippen molar-refractivity contribution in [2.24, 2.45) is 0 Å². The maximum Gasteiger partial charge on any atom is 0.311 e. The maximum atomic E-state index is 12.2. The molecule has 0 N–H and O–H groups in total. The number of unbranched alkanes of at least 4 members (excludes halogenated alkanes) is 1. The summed E-state index contributed by atoms with van der Waals surface area (Å²) in [5, 5.41) is 0. The number of ketones is 1. The summed E-state index contributed by atoms with van der Waals surface area (Å²) in [5.41, 5.74) is 6.54. The average Bonchev–Trinajstić information content (AvgIpc) is 0.884. The van der Waals surface area contributed by atoms with Gasteiger partial charge in [-0.05, 0) is 210 Å². The Morgan fingerprint density at radius 2 is 0.779 bits per heavy atom. The van der Waals surface area contributed by atoms with Crippen molar-refractivity contribution in [2.75, 3.05) is 40.0 Å². The molecule has 0 radical (unpaired) electrons. The third-order valence-corrected chi connectivity index (χ3v) is 42.7. The van der Waals surface area contributed by atoms with E-state index in [0.29, 0.717) is 52.8 Å². The molecular formula is C73H110O15Si7. The molecule has 22 heteroatoms. The van der Waals surface area contributed by atoms with E-state index in [2.05, 4.69) is 131 Å². The predicted octanol–water partition coefficient (Wildman–Crippen LogP) is 17.5. The summed E-state index contributed by atoms with van der Waals surface area (Å²) in [7, 11) is -10.1. The van der Waals surface area contributed by atoms with Crippen LogP contribution in [0, 0.1) is 0 Å². The molecule has 0 aliphatic carbocycles. The first-order valence-corrected chi connectivity index (χ1v) is 54.1. The summed E-state index contributed by atoms with van der Waals surface area (Å²) in [6.07, 6.45) is 4.49. The van der Waals surface area contributed by atoms with Crippen LogP contribution in [0.4, 0.5) is 0 Å². The minimum Gasteiger partial charge on any atom is -0.497 e. The molecule has 0 aromatic heterocycles. The monoisotopic (exact) mass is 1420 g/mol. The first-order valence-electron chi connectivity index (χ1n) is 32.9. The third kappa shape index (κ3) is 28.6. The highest BCUT2D eigenvalue weighted by atomic mass is 28.5. The van der Waals surface area contributed by atoms with Crippen LogP contribution in [0.1, 0.15) is 99.5 Å². The van der Waals surface area contributed by atoms with Crippen molar-refractivity contribution in [2.45, 2.75) is 175 Å². The Morgan fingerprint density at radius 1 is 0.411 bits per heavy atom. The van der Waals surface area contributed by atoms with Gasteiger partial charge in [-0.2, -0.15) is 0 Å². The first kappa shape index (κ1) is 81.5. The van der Waals surface area contributed by atoms with Gasteiger partial charge in [0, 0.05) is 56.0 Å². The minimum absolute atomic E-state index is 0.0953. The second-order valence-corrected chi connectivity index (χ2v) is 58.5. The molecule has 0 heterocycles. The van der Waals surface area contributed by atoms with Gasteiger partial charge in [0.2, 0.25) is 0 Å². The van der Waals surface area contributed by atoms with Crippen molar-refractivity contribution in [3.63, 3.8) is 0 Å². The Kier molecular flexibility index (Phi) is 31.4. The number of benzene rings is 6. The second-order valence-electron chi connectivity index (χ2n) is 28.4. The van der Waals surface area contributed by atoms with E-state index < -0.39 is 58.2 Å². The number of esters is 3. The molecular weight excluding hydrogens is 1310 g/mol. The molecule has 0 saturated heterocycles. The Labute approximate surface area is 576 Å². The van der Waals surface area contributed by atoms with Crippen LogP contribution in [0.25, 0.3) is 0 Å². The topological polar surface area (TPSA) is 170 Å². The van der Waals surface area contributed by atoms with Crippen LogP contribution in [-0.2, 0) is 53.4 Å². The van der Waals surface area contributed by atoms with Gasteiger partial charge in [-0.25, -0.2) is 0 Å². The zero-order chi connectivity index (χ0) is 71.1. The fraction of sp³-hybridized carbons (Fsp3) is 0.452. The van der Waals surface area contributed by atoms with Gasteiger partial charge in [0.05, 0.1) is 21.3 Å². The van der Waals surface area contributed by atoms with Crippen LogP contribution >= 0.6 is 0 Å². The fourth-order valence-electron chi connectivity index (χ4n) is 11.4. The number of para-hydroxylation sites is 2. The largest absolute Gasteiger partial charge is 0.497 e. The number of carbonyl (C=O) groups is 4. The van der Waals surface area contributed by atoms with Crippen molar-refractivity contribution in [1.29, 1.82) is 0 Å². The van der Waals surface area contributed by atoms with Gasteiger partial charge in [0.15, 0.2) is 47.4 Å². The van der Waals surface area contributed by atoms with E-state index in [-0.39, 0.29) is 29.1 Å². The highest BCUT2D eigenvalue weighted by molar-refractivity contribution is 6.95. The van der Waals surface area contributed by atoms with E-state index in [4.69, 9.17) is 49.9 Å². The number of rotatable bonds is 33. The highest BCUT2D eigenvalue weighted by Crippen LogP contribution is 2.35. The summed E-state index contributed by atoms with van der Waals surface area (Å²) in [6.45, 7) is 40.8. The molecule has 1 atom stereocenters. The molecule has 0 saturated carbocycles. The molecule has 0 aliphatic rings. The van der Waals surface area contributed by atoms with Crippen LogP contribution in [0.15, 0.2) is 146 Å². The standard InChI is InChI=1S/C39H76O8Si7.C18H20O3.C16H14O4/c1-17-19-28-48(5,6)46-53(15,16)47-52(13,14)34-51(11,12)44-33-54(18-2,31-42-49(7,8)29-36-24-20-22-26-38(36)41-4)32-43-50(9,10)30-37-25-21-23-27-39(37)45-35(3)40;1-13(19)21-17-11-7-15(8-12-17)18(2,3)14-5-9-16(20-4)10-6-14;1-11(17)20-15-9-5-13(6-10-15)16(18)12-3-7-14(19-2)8-4-12/h20-27H,17-19,28-34H2,1-16H3;5-12H,1-4H3;3-10H,1-2H3. The van der Waals surface area contributed by atoms with Gasteiger partial charge >= 0.3 is 26.5 Å². The molecule has 520 valence electrons. The normalized spacial score (nSPS) is 12.8. The molecule has 6 aromatic carbocycles. The van der Waals surface area contributed by atoms with Crippen LogP contribution in [0.3, 0.4) is 0 Å². The van der Waals surface area contributed by atoms with Gasteiger partial charge in [0.25, 0.3) is 0 Å². The zero-order valence-corrected chi connectivity index (χ0v) is 68.1. The first-order chi connectivity index (χ1) is 44.3. The smallest absolute Gasteiger partial charge is 0.311 e. The van der Waals surface area contributed by atoms with Crippen LogP contribution in [0.5, 0.6) is 34.5 Å². The van der Waals surface area contributed by atoms with Crippen LogP contribution < -0.4 is 28.4 Å². The number of hydrogen-bond donors (Lipinski definition) is 0. The summed E-state index contributed by atoms with van der Waals surface area (Å²) in [4.78, 5) is 45.8. The molecule has 15 nitrogen and oxygen atoms in total. The van der Waals surface area contributed by atoms with E-state index in [0.717, 1.165) is 46.4 Å². The SMILES string of the molecule is CCCC[Si](C)(C)O[Si](C)(C)O[Si](C)(C)C[Si](C)(C)OC[Si](CC)(CO[Si](C)(C)Cc1ccccc1OC)CO[Si](C)(C)Cc1ccccc1OC(C)=O.COc1ccc(C(=O)c2ccc(OC(C)=O)cc2)cc1.COc1ccc(C(C)(C)c2ccc(OC(C)=O)cc2)cc1. The molecule has 0 aliphatic heterocycles. The lowest BCUT2D eigenvalue weighted by atomic mass is 9.78. The molecule has 95 heavy (non-hydrogen) atoms. The Morgan fingerprint density at radius 3 is 1.18 bits per heavy atom. The summed E-state index contributed by atoms with van der Waals surface area (Å²) >= 11 is 0. The second kappa shape index (κ2) is 36.6. The minimum atomic E-state index is -2.31. The number of methoxy groups -OCH3 is 3. The van der Waals surface area contributed by atoms with Crippen molar-refractivity contribution in [1.82, 2.24) is 0 Å². The Hall–Kier alpha value is -5.88. The van der Waals surface area contributed by atoms with Crippen molar-refractivity contribution < 1.29 is 69.1 Å². The average molecular weight is 1420 g/mol. The number of ether oxygens (including phenoxy) is 6. The number of hydrogen-bond acceptors (Lipinski definition) is 15. The van der Waals surface area contributed by atoms with E-state index in [9.17, 15) is 19.2 Å². The van der Waals surface area contributed by atoms with Crippen molar-refractivity contribution in [3.8, 4) is 34.5 Å². The molecule has 0 fully saturated rings. The van der Waals surface area contributed by atoms with Crippen LogP contribution in [0.2, 0.25) is 96.3 Å². The molecule has 0 spiro atoms. The third-order valence-electron chi connectivity index (χ3n) is 16.1. The van der Waals surface area contributed by atoms with E-state index in [1.807, 2.05) is 72.8 Å². The zero-order valence-electron chi connectivity index (χ0n) is 61.1. The number of carbonyl (C=O) groups excluding carboxylic acids is 4. The van der Waals surface area contributed by atoms with Gasteiger partial charge in [-0.3, -0.25) is 19.2 Å². The van der Waals surface area contributed by atoms with E-state index >= 15 is 0 Å². The molecule has 6 aromatic rings. The van der Waals surface area contributed by atoms with Gasteiger partial charge < -0.3 is 49.9 Å². The van der Waals surface area contributed by atoms with E-state index in [1.165, 1.54) is 50.8 Å². The van der Waals surface area contributed by atoms with E-state index in [1.54, 1.807) is 69.9 Å². The molecule has 1 unspecified atom stereocenters. The predicted molar refractivity (Wildman–Crippen MR) is 401 cm³/mol. The molecule has 0 bridgehead atoms. The fourth-order valence-corrected chi connectivity index (χ4v) is 45.6. The van der Waals surface area contributed by atoms with Crippen LogP contribution in [-0.4, -0.2) is 122 Å². The van der Waals surface area contributed by atoms with Crippen molar-refractivity contribution >= 4 is 81.9 Å². The lowest BCUT2D eigenvalue weighted by molar-refractivity contribution is -0.132. The summed E-state index contributed by atoms with van der Waals surface area (Å²) in [5.74, 6) is 2.97.